The average molecular weight is 277 g/mol. The number of ether oxygens (including phenoxy) is 1. The van der Waals surface area contributed by atoms with Gasteiger partial charge in [0.25, 0.3) is 0 Å². The lowest BCUT2D eigenvalue weighted by molar-refractivity contribution is 0.0696. The zero-order chi connectivity index (χ0) is 15.1. The van der Waals surface area contributed by atoms with Gasteiger partial charge in [-0.15, -0.1) is 0 Å². The number of hydrogen-bond acceptors (Lipinski definition) is 3. The van der Waals surface area contributed by atoms with Crippen LogP contribution in [0.25, 0.3) is 0 Å². The second-order valence-corrected chi connectivity index (χ2v) is 4.28. The molecule has 0 radical (unpaired) electrons. The van der Waals surface area contributed by atoms with Crippen LogP contribution in [0.15, 0.2) is 36.1 Å². The predicted octanol–water partition coefficient (Wildman–Crippen LogP) is 3.27. The quantitative estimate of drug-likeness (QED) is 0.839. The predicted molar refractivity (Wildman–Crippen MR) is 75.4 cm³/mol. The Balaban J connectivity index is 2.73. The third-order valence-electron chi connectivity index (χ3n) is 2.87. The van der Waals surface area contributed by atoms with Crippen LogP contribution in [-0.4, -0.2) is 28.6 Å². The molecule has 1 aromatic rings. The number of allylic oxidation sites excluding steroid dienone is 2. The molecule has 1 rings (SSSR count). The number of aromatic carboxylic acids is 1. The number of amides is 1. The highest BCUT2D eigenvalue weighted by Crippen LogP contribution is 2.10. The van der Waals surface area contributed by atoms with Gasteiger partial charge in [0.2, 0.25) is 0 Å². The number of carboxylic acid groups (broad SMARTS) is 1. The van der Waals surface area contributed by atoms with Crippen LogP contribution in [-0.2, 0) is 11.3 Å². The monoisotopic (exact) mass is 277 g/mol. The smallest absolute Gasteiger partial charge is 0.415 e. The molecule has 0 aliphatic rings. The molecule has 0 aliphatic heterocycles. The molecule has 1 N–H and O–H groups in total. The molecule has 1 amide bonds. The number of carboxylic acids is 1. The van der Waals surface area contributed by atoms with Gasteiger partial charge in [-0.3, -0.25) is 0 Å². The van der Waals surface area contributed by atoms with Gasteiger partial charge in [0, 0.05) is 13.1 Å². The van der Waals surface area contributed by atoms with E-state index in [9.17, 15) is 9.59 Å². The maximum atomic E-state index is 11.9. The molecule has 0 bridgehead atoms. The summed E-state index contributed by atoms with van der Waals surface area (Å²) >= 11 is 0. The van der Waals surface area contributed by atoms with Gasteiger partial charge >= 0.3 is 12.1 Å². The Labute approximate surface area is 118 Å². The van der Waals surface area contributed by atoms with Gasteiger partial charge in [0.05, 0.1) is 5.56 Å². The van der Waals surface area contributed by atoms with Crippen molar-refractivity contribution in [2.75, 3.05) is 6.54 Å². The Kier molecular flexibility index (Phi) is 5.77. The second-order valence-electron chi connectivity index (χ2n) is 4.28. The first kappa shape index (κ1) is 15.8. The van der Waals surface area contributed by atoms with Crippen molar-refractivity contribution in [2.24, 2.45) is 0 Å². The Bertz CT molecular complexity index is 505. The van der Waals surface area contributed by atoms with Gasteiger partial charge in [0.15, 0.2) is 0 Å². The summed E-state index contributed by atoms with van der Waals surface area (Å²) in [6.45, 7) is 6.26. The van der Waals surface area contributed by atoms with E-state index in [1.165, 1.54) is 12.1 Å². The van der Waals surface area contributed by atoms with Crippen LogP contribution in [0.2, 0.25) is 0 Å². The highest BCUT2D eigenvalue weighted by atomic mass is 16.6. The first-order valence-corrected chi connectivity index (χ1v) is 6.39. The number of benzene rings is 1. The number of nitrogens with zero attached hydrogens (tertiary/aromatic N) is 1. The minimum atomic E-state index is -0.966. The minimum Gasteiger partial charge on any atom is -0.478 e. The highest BCUT2D eigenvalue weighted by Gasteiger charge is 2.14. The maximum absolute atomic E-state index is 11.9. The van der Waals surface area contributed by atoms with Crippen molar-refractivity contribution in [1.82, 2.24) is 4.90 Å². The van der Waals surface area contributed by atoms with Crippen LogP contribution < -0.4 is 0 Å². The van der Waals surface area contributed by atoms with Gasteiger partial charge in [0.1, 0.15) is 5.76 Å². The van der Waals surface area contributed by atoms with E-state index in [0.29, 0.717) is 18.8 Å². The van der Waals surface area contributed by atoms with E-state index in [1.54, 1.807) is 37.0 Å². The summed E-state index contributed by atoms with van der Waals surface area (Å²) in [6, 6.07) is 6.44. The fraction of sp³-hybridized carbons (Fsp3) is 0.333. The molecule has 0 saturated heterocycles. The van der Waals surface area contributed by atoms with Crippen LogP contribution in [0.3, 0.4) is 0 Å². The van der Waals surface area contributed by atoms with Crippen LogP contribution in [0, 0.1) is 0 Å². The first-order valence-electron chi connectivity index (χ1n) is 6.39. The summed E-state index contributed by atoms with van der Waals surface area (Å²) in [5, 5.41) is 8.83. The molecule has 0 aliphatic carbocycles. The Morgan fingerprint density at radius 3 is 2.35 bits per heavy atom. The lowest BCUT2D eigenvalue weighted by Crippen LogP contribution is -2.30. The second kappa shape index (κ2) is 7.33. The Morgan fingerprint density at radius 2 is 1.90 bits per heavy atom. The average Bonchev–Trinajstić information content (AvgIpc) is 2.44. The van der Waals surface area contributed by atoms with Gasteiger partial charge in [-0.2, -0.15) is 0 Å². The van der Waals surface area contributed by atoms with Crippen molar-refractivity contribution in [3.8, 4) is 0 Å². The molecule has 5 heteroatoms. The minimum absolute atomic E-state index is 0.226. The summed E-state index contributed by atoms with van der Waals surface area (Å²) in [6.07, 6.45) is 1.30. The Morgan fingerprint density at radius 1 is 1.30 bits per heavy atom. The van der Waals surface area contributed by atoms with Crippen molar-refractivity contribution in [3.63, 3.8) is 0 Å². The van der Waals surface area contributed by atoms with Crippen LogP contribution in [0.5, 0.6) is 0 Å². The van der Waals surface area contributed by atoms with E-state index < -0.39 is 12.1 Å². The molecular formula is C15H19NO4. The standard InChI is InChI=1S/C15H19NO4/c1-4-11(3)20-15(19)16(5-2)10-12-6-8-13(9-7-12)14(17)18/h4,6-9H,5,10H2,1-3H3,(H,17,18)/b11-4+. The molecule has 0 heterocycles. The van der Waals surface area contributed by atoms with E-state index in [4.69, 9.17) is 9.84 Å². The largest absolute Gasteiger partial charge is 0.478 e. The summed E-state index contributed by atoms with van der Waals surface area (Å²) in [5.41, 5.74) is 1.08. The van der Waals surface area contributed by atoms with Gasteiger partial charge in [-0.05, 0) is 44.5 Å². The molecule has 20 heavy (non-hydrogen) atoms. The molecule has 0 atom stereocenters. The van der Waals surface area contributed by atoms with Crippen molar-refractivity contribution < 1.29 is 19.4 Å². The van der Waals surface area contributed by atoms with Crippen LogP contribution in [0.4, 0.5) is 4.79 Å². The molecule has 108 valence electrons. The zero-order valence-electron chi connectivity index (χ0n) is 11.9. The number of carbonyl (C=O) groups is 2. The van der Waals surface area contributed by atoms with Crippen LogP contribution >= 0.6 is 0 Å². The van der Waals surface area contributed by atoms with Crippen molar-refractivity contribution in [1.29, 1.82) is 0 Å². The number of carbonyl (C=O) groups excluding carboxylic acids is 1. The summed E-state index contributed by atoms with van der Waals surface area (Å²) < 4.78 is 5.14. The molecule has 0 saturated carbocycles. The summed E-state index contributed by atoms with van der Waals surface area (Å²) in [5.74, 6) is -0.415. The lowest BCUT2D eigenvalue weighted by atomic mass is 10.1. The van der Waals surface area contributed by atoms with Crippen molar-refractivity contribution in [3.05, 3.63) is 47.2 Å². The van der Waals surface area contributed by atoms with Crippen molar-refractivity contribution in [2.45, 2.75) is 27.3 Å². The van der Waals surface area contributed by atoms with E-state index in [0.717, 1.165) is 5.56 Å². The van der Waals surface area contributed by atoms with Crippen molar-refractivity contribution >= 4 is 12.1 Å². The normalized spacial score (nSPS) is 11.1. The van der Waals surface area contributed by atoms with Gasteiger partial charge in [-0.25, -0.2) is 9.59 Å². The maximum Gasteiger partial charge on any atom is 0.415 e. The van der Waals surface area contributed by atoms with E-state index in [-0.39, 0.29) is 5.56 Å². The third kappa shape index (κ3) is 4.42. The van der Waals surface area contributed by atoms with Gasteiger partial charge < -0.3 is 14.7 Å². The molecular weight excluding hydrogens is 258 g/mol. The molecule has 5 nitrogen and oxygen atoms in total. The number of hydrogen-bond donors (Lipinski definition) is 1. The molecule has 0 unspecified atom stereocenters. The summed E-state index contributed by atoms with van der Waals surface area (Å²) in [7, 11) is 0. The molecule has 0 aromatic heterocycles. The fourth-order valence-corrected chi connectivity index (χ4v) is 1.54. The topological polar surface area (TPSA) is 66.8 Å². The lowest BCUT2D eigenvalue weighted by Gasteiger charge is -2.20. The zero-order valence-corrected chi connectivity index (χ0v) is 11.9. The molecule has 1 aromatic carbocycles. The van der Waals surface area contributed by atoms with E-state index >= 15 is 0 Å². The third-order valence-corrected chi connectivity index (χ3v) is 2.87. The van der Waals surface area contributed by atoms with Gasteiger partial charge in [-0.1, -0.05) is 12.1 Å². The van der Waals surface area contributed by atoms with E-state index in [1.807, 2.05) is 6.92 Å². The highest BCUT2D eigenvalue weighted by molar-refractivity contribution is 5.87. The van der Waals surface area contributed by atoms with E-state index in [2.05, 4.69) is 0 Å². The van der Waals surface area contributed by atoms with Crippen LogP contribution in [0.1, 0.15) is 36.7 Å². The molecule has 0 spiro atoms. The number of rotatable bonds is 5. The summed E-state index contributed by atoms with van der Waals surface area (Å²) in [4.78, 5) is 24.2. The Hall–Kier alpha value is -2.30. The SMILES string of the molecule is C/C=C(\C)OC(=O)N(CC)Cc1ccc(C(=O)O)cc1. The molecule has 0 fully saturated rings. The first-order chi connectivity index (χ1) is 9.47. The fourth-order valence-electron chi connectivity index (χ4n) is 1.54.